The summed E-state index contributed by atoms with van der Waals surface area (Å²) >= 11 is 0. The lowest BCUT2D eigenvalue weighted by Gasteiger charge is -2.39. The van der Waals surface area contributed by atoms with Crippen LogP contribution in [0.5, 0.6) is 0 Å². The van der Waals surface area contributed by atoms with E-state index in [2.05, 4.69) is 13.8 Å². The van der Waals surface area contributed by atoms with Gasteiger partial charge in [0.25, 0.3) is 0 Å². The van der Waals surface area contributed by atoms with Gasteiger partial charge in [-0.15, -0.1) is 0 Å². The standard InChI is InChI=1S/C32H60O10.CH4/c1-3-5-7-9-11-12-13-15-17-19-21-28(35)41-25(23-39-27(34)20-18-16-14-10-8-6-4-2)24-40-32-31(38)30(37)29(36)26(22-33)42-32;/h25-26,29-33,36-38H,3-24H2,1-2H3;1H4/t25-,26-,29+,30+,31-,32-;/m1./s1. The van der Waals surface area contributed by atoms with E-state index in [1.807, 2.05) is 0 Å². The Morgan fingerprint density at radius 2 is 1.12 bits per heavy atom. The van der Waals surface area contributed by atoms with Crippen molar-refractivity contribution >= 4 is 11.9 Å². The van der Waals surface area contributed by atoms with Crippen molar-refractivity contribution in [3.8, 4) is 0 Å². The van der Waals surface area contributed by atoms with Crippen molar-refractivity contribution in [2.75, 3.05) is 19.8 Å². The molecule has 1 saturated heterocycles. The van der Waals surface area contributed by atoms with E-state index in [-0.39, 0.29) is 39.5 Å². The Morgan fingerprint density at radius 1 is 0.651 bits per heavy atom. The van der Waals surface area contributed by atoms with Crippen molar-refractivity contribution in [3.05, 3.63) is 0 Å². The van der Waals surface area contributed by atoms with E-state index < -0.39 is 49.4 Å². The van der Waals surface area contributed by atoms with Crippen molar-refractivity contribution in [2.45, 2.75) is 180 Å². The summed E-state index contributed by atoms with van der Waals surface area (Å²) in [6.07, 6.45) is 11.5. The highest BCUT2D eigenvalue weighted by Crippen LogP contribution is 2.22. The molecule has 6 atom stereocenters. The predicted octanol–water partition coefficient (Wildman–Crippen LogP) is 5.35. The van der Waals surface area contributed by atoms with Crippen LogP contribution >= 0.6 is 0 Å². The molecule has 1 aliphatic rings. The van der Waals surface area contributed by atoms with E-state index in [1.165, 1.54) is 57.8 Å². The van der Waals surface area contributed by atoms with Crippen LogP contribution in [0.3, 0.4) is 0 Å². The highest BCUT2D eigenvalue weighted by Gasteiger charge is 2.44. The van der Waals surface area contributed by atoms with Gasteiger partial charge in [0.15, 0.2) is 12.4 Å². The van der Waals surface area contributed by atoms with Gasteiger partial charge in [0.1, 0.15) is 31.0 Å². The molecule has 1 fully saturated rings. The van der Waals surface area contributed by atoms with Crippen molar-refractivity contribution in [1.29, 1.82) is 0 Å². The molecule has 0 aromatic rings. The number of ether oxygens (including phenoxy) is 4. The first-order chi connectivity index (χ1) is 20.3. The van der Waals surface area contributed by atoms with E-state index in [1.54, 1.807) is 0 Å². The van der Waals surface area contributed by atoms with Crippen LogP contribution in [0.1, 0.15) is 143 Å². The highest BCUT2D eigenvalue weighted by molar-refractivity contribution is 5.70. The fourth-order valence-electron chi connectivity index (χ4n) is 5.01. The molecule has 1 rings (SSSR count). The summed E-state index contributed by atoms with van der Waals surface area (Å²) in [4.78, 5) is 24.9. The van der Waals surface area contributed by atoms with E-state index in [0.29, 0.717) is 6.42 Å². The summed E-state index contributed by atoms with van der Waals surface area (Å²) in [6.45, 7) is 3.32. The molecular formula is C33H64O10. The molecule has 0 aliphatic carbocycles. The summed E-state index contributed by atoms with van der Waals surface area (Å²) in [7, 11) is 0. The van der Waals surface area contributed by atoms with Crippen molar-refractivity contribution in [2.24, 2.45) is 0 Å². The predicted molar refractivity (Wildman–Crippen MR) is 166 cm³/mol. The van der Waals surface area contributed by atoms with Gasteiger partial charge >= 0.3 is 11.9 Å². The molecule has 0 unspecified atom stereocenters. The molecule has 256 valence electrons. The lowest BCUT2D eigenvalue weighted by Crippen LogP contribution is -2.59. The second kappa shape index (κ2) is 27.0. The number of carbonyl (C=O) groups is 2. The molecule has 0 spiro atoms. The molecule has 4 N–H and O–H groups in total. The first kappa shape index (κ1) is 41.7. The summed E-state index contributed by atoms with van der Waals surface area (Å²) in [5.74, 6) is -0.813. The van der Waals surface area contributed by atoms with Crippen LogP contribution in [0, 0.1) is 0 Å². The Hall–Kier alpha value is -1.30. The monoisotopic (exact) mass is 620 g/mol. The zero-order valence-corrected chi connectivity index (χ0v) is 26.3. The summed E-state index contributed by atoms with van der Waals surface area (Å²) in [5.41, 5.74) is 0. The van der Waals surface area contributed by atoms with Gasteiger partial charge < -0.3 is 39.4 Å². The number of esters is 2. The number of hydrogen-bond acceptors (Lipinski definition) is 10. The molecule has 1 heterocycles. The zero-order chi connectivity index (χ0) is 31.0. The maximum atomic E-state index is 12.6. The fourth-order valence-corrected chi connectivity index (χ4v) is 5.01. The minimum atomic E-state index is -1.59. The third kappa shape index (κ3) is 19.6. The Labute approximate surface area is 260 Å². The molecule has 0 bridgehead atoms. The second-order valence-electron chi connectivity index (χ2n) is 11.6. The third-order valence-electron chi connectivity index (χ3n) is 7.74. The average Bonchev–Trinajstić information content (AvgIpc) is 2.98. The molecule has 0 aromatic carbocycles. The van der Waals surface area contributed by atoms with E-state index >= 15 is 0 Å². The Morgan fingerprint density at radius 3 is 1.60 bits per heavy atom. The number of carbonyl (C=O) groups excluding carboxylic acids is 2. The molecule has 0 aromatic heterocycles. The van der Waals surface area contributed by atoms with Gasteiger partial charge in [-0.2, -0.15) is 0 Å². The molecule has 0 saturated carbocycles. The first-order valence-electron chi connectivity index (χ1n) is 16.6. The lowest BCUT2D eigenvalue weighted by atomic mass is 9.99. The maximum absolute atomic E-state index is 12.6. The SMILES string of the molecule is C.CCCCCCCCCCCCC(=O)O[C@H](COC(=O)CCCCCCCCC)CO[C@@H]1O[C@H](CO)[C@H](O)[C@H](O)[C@H]1O. The second-order valence-corrected chi connectivity index (χ2v) is 11.6. The Bertz CT molecular complexity index is 674. The molecule has 1 aliphatic heterocycles. The van der Waals surface area contributed by atoms with Crippen LogP contribution in [0.25, 0.3) is 0 Å². The summed E-state index contributed by atoms with van der Waals surface area (Å²) in [6, 6.07) is 0. The summed E-state index contributed by atoms with van der Waals surface area (Å²) in [5, 5.41) is 39.6. The highest BCUT2D eigenvalue weighted by atomic mass is 16.7. The Balaban J connectivity index is 0.0000176. The smallest absolute Gasteiger partial charge is 0.306 e. The van der Waals surface area contributed by atoms with Gasteiger partial charge in [-0.25, -0.2) is 0 Å². The number of aliphatic hydroxyl groups excluding tert-OH is 4. The maximum Gasteiger partial charge on any atom is 0.306 e. The van der Waals surface area contributed by atoms with E-state index in [0.717, 1.165) is 44.9 Å². The first-order valence-corrected chi connectivity index (χ1v) is 16.6. The van der Waals surface area contributed by atoms with Gasteiger partial charge in [0.2, 0.25) is 0 Å². The molecule has 10 nitrogen and oxygen atoms in total. The van der Waals surface area contributed by atoms with Crippen LogP contribution in [0.2, 0.25) is 0 Å². The van der Waals surface area contributed by atoms with Crippen LogP contribution in [-0.2, 0) is 28.5 Å². The minimum Gasteiger partial charge on any atom is -0.462 e. The molecule has 0 radical (unpaired) electrons. The Kier molecular flexibility index (Phi) is 26.2. The third-order valence-corrected chi connectivity index (χ3v) is 7.74. The van der Waals surface area contributed by atoms with Crippen LogP contribution in [0.4, 0.5) is 0 Å². The number of unbranched alkanes of at least 4 members (excludes halogenated alkanes) is 15. The summed E-state index contributed by atoms with van der Waals surface area (Å²) < 4.78 is 21.9. The van der Waals surface area contributed by atoms with Gasteiger partial charge in [-0.1, -0.05) is 118 Å². The van der Waals surface area contributed by atoms with Crippen LogP contribution in [0.15, 0.2) is 0 Å². The van der Waals surface area contributed by atoms with Crippen molar-refractivity contribution < 1.29 is 49.0 Å². The molecule has 43 heavy (non-hydrogen) atoms. The normalized spacial score (nSPS) is 22.5. The molecule has 0 amide bonds. The zero-order valence-electron chi connectivity index (χ0n) is 26.3. The van der Waals surface area contributed by atoms with Gasteiger partial charge in [0.05, 0.1) is 13.2 Å². The number of hydrogen-bond donors (Lipinski definition) is 4. The van der Waals surface area contributed by atoms with Crippen LogP contribution in [-0.4, -0.2) is 89.0 Å². The fraction of sp³-hybridized carbons (Fsp3) is 0.939. The largest absolute Gasteiger partial charge is 0.462 e. The average molecular weight is 621 g/mol. The topological polar surface area (TPSA) is 152 Å². The van der Waals surface area contributed by atoms with Crippen LogP contribution < -0.4 is 0 Å². The van der Waals surface area contributed by atoms with Crippen molar-refractivity contribution in [3.63, 3.8) is 0 Å². The van der Waals surface area contributed by atoms with E-state index in [9.17, 15) is 30.0 Å². The van der Waals surface area contributed by atoms with Crippen molar-refractivity contribution in [1.82, 2.24) is 0 Å². The van der Waals surface area contributed by atoms with Gasteiger partial charge in [-0.3, -0.25) is 9.59 Å². The number of rotatable bonds is 26. The molecular weight excluding hydrogens is 556 g/mol. The van der Waals surface area contributed by atoms with E-state index in [4.69, 9.17) is 18.9 Å². The lowest BCUT2D eigenvalue weighted by molar-refractivity contribution is -0.305. The number of aliphatic hydroxyl groups is 4. The van der Waals surface area contributed by atoms with Gasteiger partial charge in [0, 0.05) is 12.8 Å². The van der Waals surface area contributed by atoms with Gasteiger partial charge in [-0.05, 0) is 12.8 Å². The quantitative estimate of drug-likeness (QED) is 0.0736. The minimum absolute atomic E-state index is 0. The molecule has 10 heteroatoms.